The summed E-state index contributed by atoms with van der Waals surface area (Å²) in [5.74, 6) is 0.848. The Bertz CT molecular complexity index is 413. The standard InChI is InChI=1S/C12H14Cl2O2S2/c1-2-10(12(15)16)17-5-6-18-11-7-8(13)3-4-9(11)14/h3-4,7,10H,2,5-6H2,1H3,(H,15,16). The van der Waals surface area contributed by atoms with Crippen LogP contribution in [-0.4, -0.2) is 27.8 Å². The molecular formula is C12H14Cl2O2S2. The predicted octanol–water partition coefficient (Wildman–Crippen LogP) is 4.68. The highest BCUT2D eigenvalue weighted by Crippen LogP contribution is 2.30. The number of benzene rings is 1. The lowest BCUT2D eigenvalue weighted by molar-refractivity contribution is -0.136. The van der Waals surface area contributed by atoms with Gasteiger partial charge in [-0.05, 0) is 24.6 Å². The molecule has 6 heteroatoms. The monoisotopic (exact) mass is 324 g/mol. The highest BCUT2D eigenvalue weighted by Gasteiger charge is 2.14. The molecule has 0 radical (unpaired) electrons. The maximum absolute atomic E-state index is 10.8. The minimum absolute atomic E-state index is 0.319. The van der Waals surface area contributed by atoms with Gasteiger partial charge in [0.15, 0.2) is 0 Å². The zero-order valence-corrected chi connectivity index (χ0v) is 13.0. The van der Waals surface area contributed by atoms with Crippen LogP contribution < -0.4 is 0 Å². The van der Waals surface area contributed by atoms with E-state index in [2.05, 4.69) is 0 Å². The Morgan fingerprint density at radius 2 is 2.11 bits per heavy atom. The fourth-order valence-electron chi connectivity index (χ4n) is 1.29. The van der Waals surface area contributed by atoms with Gasteiger partial charge in [-0.1, -0.05) is 30.1 Å². The summed E-state index contributed by atoms with van der Waals surface area (Å²) in [6.45, 7) is 1.88. The summed E-state index contributed by atoms with van der Waals surface area (Å²) in [4.78, 5) is 11.8. The molecule has 1 N–H and O–H groups in total. The minimum Gasteiger partial charge on any atom is -0.480 e. The van der Waals surface area contributed by atoms with Crippen LogP contribution in [0.2, 0.25) is 10.0 Å². The summed E-state index contributed by atoms with van der Waals surface area (Å²) >= 11 is 15.0. The van der Waals surface area contributed by atoms with E-state index in [0.29, 0.717) is 16.5 Å². The Morgan fingerprint density at radius 3 is 2.72 bits per heavy atom. The zero-order valence-electron chi connectivity index (χ0n) is 9.86. The van der Waals surface area contributed by atoms with Crippen molar-refractivity contribution in [2.45, 2.75) is 23.5 Å². The van der Waals surface area contributed by atoms with E-state index in [1.54, 1.807) is 23.9 Å². The van der Waals surface area contributed by atoms with Crippen LogP contribution in [0.3, 0.4) is 0 Å². The van der Waals surface area contributed by atoms with Gasteiger partial charge in [-0.15, -0.1) is 23.5 Å². The van der Waals surface area contributed by atoms with Crippen LogP contribution in [0.1, 0.15) is 13.3 Å². The van der Waals surface area contributed by atoms with Gasteiger partial charge in [0.25, 0.3) is 0 Å². The Morgan fingerprint density at radius 1 is 1.39 bits per heavy atom. The third-order valence-corrected chi connectivity index (χ3v) is 5.57. The summed E-state index contributed by atoms with van der Waals surface area (Å²) < 4.78 is 0. The van der Waals surface area contributed by atoms with Crippen LogP contribution in [0.5, 0.6) is 0 Å². The van der Waals surface area contributed by atoms with Gasteiger partial charge in [-0.2, -0.15) is 0 Å². The normalized spacial score (nSPS) is 12.4. The van der Waals surface area contributed by atoms with Gasteiger partial charge in [0.2, 0.25) is 0 Å². The fraction of sp³-hybridized carbons (Fsp3) is 0.417. The Kier molecular flexibility index (Phi) is 7.30. The lowest BCUT2D eigenvalue weighted by Crippen LogP contribution is -2.15. The van der Waals surface area contributed by atoms with Crippen LogP contribution in [0.15, 0.2) is 23.1 Å². The summed E-state index contributed by atoms with van der Waals surface area (Å²) in [6.07, 6.45) is 0.641. The number of rotatable bonds is 7. The molecule has 18 heavy (non-hydrogen) atoms. The number of carbonyl (C=O) groups is 1. The number of thioether (sulfide) groups is 2. The topological polar surface area (TPSA) is 37.3 Å². The average Bonchev–Trinajstić information content (AvgIpc) is 2.33. The largest absolute Gasteiger partial charge is 0.480 e. The average molecular weight is 325 g/mol. The second kappa shape index (κ2) is 8.20. The number of hydrogen-bond donors (Lipinski definition) is 1. The van der Waals surface area contributed by atoms with Gasteiger partial charge in [0.05, 0.1) is 5.02 Å². The van der Waals surface area contributed by atoms with Gasteiger partial charge >= 0.3 is 5.97 Å². The van der Waals surface area contributed by atoms with Crippen LogP contribution in [0.4, 0.5) is 0 Å². The van der Waals surface area contributed by atoms with E-state index < -0.39 is 5.97 Å². The van der Waals surface area contributed by atoms with E-state index in [1.165, 1.54) is 11.8 Å². The molecule has 0 aliphatic heterocycles. The van der Waals surface area contributed by atoms with E-state index in [-0.39, 0.29) is 5.25 Å². The second-order valence-corrected chi connectivity index (χ2v) is 6.82. The van der Waals surface area contributed by atoms with Crippen molar-refractivity contribution >= 4 is 52.7 Å². The van der Waals surface area contributed by atoms with Crippen molar-refractivity contribution in [1.29, 1.82) is 0 Å². The summed E-state index contributed by atoms with van der Waals surface area (Å²) in [6, 6.07) is 5.35. The van der Waals surface area contributed by atoms with Crippen molar-refractivity contribution in [2.24, 2.45) is 0 Å². The third-order valence-electron chi connectivity index (χ3n) is 2.20. The molecule has 0 aliphatic carbocycles. The number of hydrogen-bond acceptors (Lipinski definition) is 3. The van der Waals surface area contributed by atoms with Gasteiger partial charge in [-0.3, -0.25) is 4.79 Å². The van der Waals surface area contributed by atoms with Gasteiger partial charge in [-0.25, -0.2) is 0 Å². The molecule has 0 aliphatic rings. The maximum atomic E-state index is 10.8. The van der Waals surface area contributed by atoms with Crippen molar-refractivity contribution in [3.8, 4) is 0 Å². The minimum atomic E-state index is -0.742. The first-order valence-electron chi connectivity index (χ1n) is 5.46. The molecule has 0 spiro atoms. The number of halogens is 2. The summed E-state index contributed by atoms with van der Waals surface area (Å²) in [7, 11) is 0. The molecule has 1 unspecified atom stereocenters. The summed E-state index contributed by atoms with van der Waals surface area (Å²) in [5.41, 5.74) is 0. The van der Waals surface area contributed by atoms with Crippen molar-refractivity contribution in [3.63, 3.8) is 0 Å². The molecule has 0 saturated heterocycles. The first-order chi connectivity index (χ1) is 8.54. The highest BCUT2D eigenvalue weighted by molar-refractivity contribution is 8.03. The summed E-state index contributed by atoms with van der Waals surface area (Å²) in [5, 5.41) is 9.92. The molecule has 0 fully saturated rings. The van der Waals surface area contributed by atoms with E-state index in [9.17, 15) is 4.79 Å². The van der Waals surface area contributed by atoms with E-state index in [1.807, 2.05) is 13.0 Å². The van der Waals surface area contributed by atoms with E-state index >= 15 is 0 Å². The molecule has 1 aromatic carbocycles. The predicted molar refractivity (Wildman–Crippen MR) is 81.4 cm³/mol. The quantitative estimate of drug-likeness (QED) is 0.583. The van der Waals surface area contributed by atoms with E-state index in [4.69, 9.17) is 28.3 Å². The highest BCUT2D eigenvalue weighted by atomic mass is 35.5. The van der Waals surface area contributed by atoms with Gasteiger partial charge in [0, 0.05) is 21.4 Å². The van der Waals surface area contributed by atoms with Crippen molar-refractivity contribution in [1.82, 2.24) is 0 Å². The van der Waals surface area contributed by atoms with Crippen LogP contribution in [0.25, 0.3) is 0 Å². The van der Waals surface area contributed by atoms with E-state index in [0.717, 1.165) is 16.4 Å². The molecule has 100 valence electrons. The Hall–Kier alpha value is -0.0300. The molecule has 0 aromatic heterocycles. The Balaban J connectivity index is 2.37. The first-order valence-corrected chi connectivity index (χ1v) is 8.26. The molecule has 1 aromatic rings. The first kappa shape index (κ1) is 16.0. The molecule has 0 heterocycles. The van der Waals surface area contributed by atoms with Crippen LogP contribution in [-0.2, 0) is 4.79 Å². The zero-order chi connectivity index (χ0) is 13.5. The molecule has 0 amide bonds. The Labute approximate surface area is 125 Å². The molecule has 2 nitrogen and oxygen atoms in total. The third kappa shape index (κ3) is 5.31. The number of aliphatic carboxylic acids is 1. The van der Waals surface area contributed by atoms with Gasteiger partial charge in [0.1, 0.15) is 5.25 Å². The van der Waals surface area contributed by atoms with Gasteiger partial charge < -0.3 is 5.11 Å². The van der Waals surface area contributed by atoms with Crippen molar-refractivity contribution in [2.75, 3.05) is 11.5 Å². The smallest absolute Gasteiger partial charge is 0.316 e. The van der Waals surface area contributed by atoms with Crippen molar-refractivity contribution in [3.05, 3.63) is 28.2 Å². The number of carboxylic acid groups (broad SMARTS) is 1. The molecular weight excluding hydrogens is 311 g/mol. The molecule has 0 bridgehead atoms. The van der Waals surface area contributed by atoms with Crippen LogP contribution in [0, 0.1) is 0 Å². The number of carboxylic acids is 1. The van der Waals surface area contributed by atoms with Crippen molar-refractivity contribution < 1.29 is 9.90 Å². The molecule has 1 atom stereocenters. The second-order valence-electron chi connectivity index (χ2n) is 3.53. The fourth-order valence-corrected chi connectivity index (χ4v) is 3.83. The molecule has 0 saturated carbocycles. The lowest BCUT2D eigenvalue weighted by Gasteiger charge is -2.09. The SMILES string of the molecule is CCC(SCCSc1cc(Cl)ccc1Cl)C(=O)O. The van der Waals surface area contributed by atoms with Crippen LogP contribution >= 0.6 is 46.7 Å². The molecule has 1 rings (SSSR count). The lowest BCUT2D eigenvalue weighted by atomic mass is 10.3. The maximum Gasteiger partial charge on any atom is 0.316 e.